The van der Waals surface area contributed by atoms with Crippen molar-refractivity contribution in [1.29, 1.82) is 0 Å². The van der Waals surface area contributed by atoms with E-state index in [9.17, 15) is 10.1 Å². The molecule has 17 heavy (non-hydrogen) atoms. The summed E-state index contributed by atoms with van der Waals surface area (Å²) in [5, 5.41) is 11.6. The van der Waals surface area contributed by atoms with Crippen molar-refractivity contribution < 1.29 is 4.92 Å². The Morgan fingerprint density at radius 1 is 1.24 bits per heavy atom. The predicted molar refractivity (Wildman–Crippen MR) is 70.3 cm³/mol. The summed E-state index contributed by atoms with van der Waals surface area (Å²) in [5.74, 6) is 1.02. The predicted octanol–water partition coefficient (Wildman–Crippen LogP) is 3.22. The van der Waals surface area contributed by atoms with Crippen LogP contribution >= 0.6 is 11.8 Å². The van der Waals surface area contributed by atoms with Crippen molar-refractivity contribution >= 4 is 11.8 Å². The molecule has 0 aromatic heterocycles. The first kappa shape index (κ1) is 12.7. The van der Waals surface area contributed by atoms with Gasteiger partial charge in [-0.15, -0.1) is 11.8 Å². The summed E-state index contributed by atoms with van der Waals surface area (Å²) in [5.41, 5.74) is 0. The molecule has 2 aliphatic rings. The number of nitrogens with zero attached hydrogens (tertiary/aromatic N) is 2. The van der Waals surface area contributed by atoms with Gasteiger partial charge in [-0.3, -0.25) is 10.1 Å². The molecule has 1 saturated carbocycles. The number of hydrogen-bond acceptors (Lipinski definition) is 4. The molecule has 0 unspecified atom stereocenters. The Kier molecular flexibility index (Phi) is 4.71. The lowest BCUT2D eigenvalue weighted by Crippen LogP contribution is -2.35. The van der Waals surface area contributed by atoms with E-state index in [4.69, 9.17) is 0 Å². The van der Waals surface area contributed by atoms with Crippen molar-refractivity contribution in [2.45, 2.75) is 51.0 Å². The Hall–Kier alpha value is -0.710. The first-order chi connectivity index (χ1) is 8.27. The third-order valence-corrected chi connectivity index (χ3v) is 4.69. The van der Waals surface area contributed by atoms with Crippen molar-refractivity contribution in [3.63, 3.8) is 0 Å². The number of rotatable bonds is 2. The molecule has 96 valence electrons. The van der Waals surface area contributed by atoms with Crippen molar-refractivity contribution in [2.24, 2.45) is 0 Å². The van der Waals surface area contributed by atoms with Gasteiger partial charge < -0.3 is 4.90 Å². The van der Waals surface area contributed by atoms with Crippen molar-refractivity contribution in [2.75, 3.05) is 12.3 Å². The molecule has 0 bridgehead atoms. The molecule has 0 atom stereocenters. The normalized spacial score (nSPS) is 25.9. The lowest BCUT2D eigenvalue weighted by Gasteiger charge is -2.35. The summed E-state index contributed by atoms with van der Waals surface area (Å²) in [6.45, 7) is 0.997. The van der Waals surface area contributed by atoms with Crippen molar-refractivity contribution in [3.05, 3.63) is 21.3 Å². The number of nitro groups is 1. The molecule has 1 aliphatic carbocycles. The van der Waals surface area contributed by atoms with Gasteiger partial charge in [0.25, 0.3) is 6.20 Å². The molecule has 2 rings (SSSR count). The number of hydrogen-bond donors (Lipinski definition) is 0. The first-order valence-electron chi connectivity index (χ1n) is 6.52. The van der Waals surface area contributed by atoms with Crippen LogP contribution in [0.2, 0.25) is 0 Å². The van der Waals surface area contributed by atoms with Crippen LogP contribution in [0.25, 0.3) is 0 Å². The van der Waals surface area contributed by atoms with E-state index >= 15 is 0 Å². The van der Waals surface area contributed by atoms with E-state index in [1.807, 2.05) is 0 Å². The molecule has 0 amide bonds. The fraction of sp³-hybridized carbons (Fsp3) is 0.833. The maximum atomic E-state index is 10.7. The SMILES string of the molecule is O=[N+]([O-])/C=C1\SCCCCN1C1CCCCC1. The minimum atomic E-state index is -0.302. The van der Waals surface area contributed by atoms with Crippen LogP contribution < -0.4 is 0 Å². The summed E-state index contributed by atoms with van der Waals surface area (Å²) in [4.78, 5) is 12.7. The highest BCUT2D eigenvalue weighted by Crippen LogP contribution is 2.33. The second kappa shape index (κ2) is 6.28. The summed E-state index contributed by atoms with van der Waals surface area (Å²) >= 11 is 1.66. The molecule has 1 aliphatic heterocycles. The van der Waals surface area contributed by atoms with Gasteiger partial charge in [-0.2, -0.15) is 0 Å². The zero-order valence-electron chi connectivity index (χ0n) is 10.1. The second-order valence-electron chi connectivity index (χ2n) is 4.79. The monoisotopic (exact) mass is 256 g/mol. The summed E-state index contributed by atoms with van der Waals surface area (Å²) < 4.78 is 0. The molecule has 0 N–H and O–H groups in total. The van der Waals surface area contributed by atoms with Gasteiger partial charge >= 0.3 is 0 Å². The largest absolute Gasteiger partial charge is 0.358 e. The van der Waals surface area contributed by atoms with Gasteiger partial charge in [-0.05, 0) is 31.4 Å². The Morgan fingerprint density at radius 3 is 2.71 bits per heavy atom. The molecule has 5 heteroatoms. The molecule has 0 aromatic carbocycles. The highest BCUT2D eigenvalue weighted by molar-refractivity contribution is 8.02. The molecular formula is C12H20N2O2S. The van der Waals surface area contributed by atoms with Gasteiger partial charge in [0.05, 0.1) is 4.92 Å². The summed E-state index contributed by atoms with van der Waals surface area (Å²) in [6, 6.07) is 0.542. The zero-order chi connectivity index (χ0) is 12.1. The summed E-state index contributed by atoms with van der Waals surface area (Å²) in [7, 11) is 0. The average molecular weight is 256 g/mol. The van der Waals surface area contributed by atoms with E-state index < -0.39 is 0 Å². The van der Waals surface area contributed by atoms with E-state index in [1.165, 1.54) is 51.1 Å². The number of thioether (sulfide) groups is 1. The molecule has 4 nitrogen and oxygen atoms in total. The van der Waals surface area contributed by atoms with Crippen molar-refractivity contribution in [1.82, 2.24) is 4.90 Å². The highest BCUT2D eigenvalue weighted by Gasteiger charge is 2.26. The topological polar surface area (TPSA) is 46.4 Å². The highest BCUT2D eigenvalue weighted by atomic mass is 32.2. The fourth-order valence-electron chi connectivity index (χ4n) is 2.71. The lowest BCUT2D eigenvalue weighted by atomic mass is 9.94. The van der Waals surface area contributed by atoms with Gasteiger partial charge in [0.15, 0.2) is 0 Å². The molecule has 1 saturated heterocycles. The van der Waals surface area contributed by atoms with E-state index in [0.717, 1.165) is 17.3 Å². The van der Waals surface area contributed by atoms with Crippen LogP contribution in [-0.2, 0) is 0 Å². The fourth-order valence-corrected chi connectivity index (χ4v) is 3.84. The first-order valence-corrected chi connectivity index (χ1v) is 7.50. The minimum absolute atomic E-state index is 0.302. The molecule has 0 aromatic rings. The van der Waals surface area contributed by atoms with E-state index in [0.29, 0.717) is 6.04 Å². The summed E-state index contributed by atoms with van der Waals surface area (Å²) in [6.07, 6.45) is 9.83. The van der Waals surface area contributed by atoms with Crippen LogP contribution in [0.1, 0.15) is 44.9 Å². The van der Waals surface area contributed by atoms with Crippen LogP contribution in [0.3, 0.4) is 0 Å². The Labute approximate surface area is 107 Å². The smallest absolute Gasteiger partial charge is 0.264 e. The molecule has 0 spiro atoms. The second-order valence-corrected chi connectivity index (χ2v) is 5.91. The average Bonchev–Trinajstić information content (AvgIpc) is 2.55. The minimum Gasteiger partial charge on any atom is -0.358 e. The van der Waals surface area contributed by atoms with Gasteiger partial charge in [-0.1, -0.05) is 19.3 Å². The van der Waals surface area contributed by atoms with Gasteiger partial charge in [0.1, 0.15) is 5.03 Å². The molecular weight excluding hydrogens is 236 g/mol. The molecule has 0 radical (unpaired) electrons. The molecule has 2 fully saturated rings. The van der Waals surface area contributed by atoms with E-state index in [-0.39, 0.29) is 4.92 Å². The Bertz CT molecular complexity index is 301. The van der Waals surface area contributed by atoms with Crippen LogP contribution in [0.5, 0.6) is 0 Å². The Balaban J connectivity index is 2.10. The van der Waals surface area contributed by atoms with Gasteiger partial charge in [0, 0.05) is 12.6 Å². The van der Waals surface area contributed by atoms with Crippen LogP contribution in [0.15, 0.2) is 11.2 Å². The standard InChI is InChI=1S/C12H20N2O2S/c15-14(16)10-12-13(8-4-5-9-17-12)11-6-2-1-3-7-11/h10-11H,1-9H2/b12-10-. The maximum absolute atomic E-state index is 10.7. The lowest BCUT2D eigenvalue weighted by molar-refractivity contribution is -0.403. The third-order valence-electron chi connectivity index (χ3n) is 3.56. The maximum Gasteiger partial charge on any atom is 0.264 e. The van der Waals surface area contributed by atoms with Crippen molar-refractivity contribution in [3.8, 4) is 0 Å². The zero-order valence-corrected chi connectivity index (χ0v) is 11.0. The van der Waals surface area contributed by atoms with Crippen LogP contribution in [0, 0.1) is 10.1 Å². The Morgan fingerprint density at radius 2 is 2.00 bits per heavy atom. The van der Waals surface area contributed by atoms with Gasteiger partial charge in [0.2, 0.25) is 0 Å². The molecule has 1 heterocycles. The van der Waals surface area contributed by atoms with E-state index in [2.05, 4.69) is 4.90 Å². The van der Waals surface area contributed by atoms with Crippen LogP contribution in [0.4, 0.5) is 0 Å². The van der Waals surface area contributed by atoms with Gasteiger partial charge in [-0.25, -0.2) is 0 Å². The van der Waals surface area contributed by atoms with Crippen LogP contribution in [-0.4, -0.2) is 28.2 Å². The third kappa shape index (κ3) is 3.63. The quantitative estimate of drug-likeness (QED) is 0.562. The van der Waals surface area contributed by atoms with E-state index in [1.54, 1.807) is 11.8 Å².